The second-order valence-corrected chi connectivity index (χ2v) is 10.6. The highest BCUT2D eigenvalue weighted by atomic mass is 35.5. The molecule has 2 N–H and O–H groups in total. The van der Waals surface area contributed by atoms with Crippen molar-refractivity contribution >= 4 is 46.0 Å². The van der Waals surface area contributed by atoms with E-state index in [0.717, 1.165) is 28.1 Å². The third-order valence-electron chi connectivity index (χ3n) is 7.46. The lowest BCUT2D eigenvalue weighted by Gasteiger charge is -2.32. The normalized spacial score (nSPS) is 14.9. The summed E-state index contributed by atoms with van der Waals surface area (Å²) >= 11 is 6.74. The molecule has 0 aliphatic carbocycles. The standard InChI is InChI=1S/C34H29ClN6O3/c1-4-44-34(43)31-30(24-9-5-6-10-25(24)35)29(33(42)40-28-11-7-8-17-37-28)20(2)38-32(31)22-12-14-23(15-13-22)41-21(3)39-26-16-18-36-19-27(26)41/h5-19,30,38H,4H2,1-3H3,(H,37,40,42). The Hall–Kier alpha value is -5.28. The van der Waals surface area contributed by atoms with Crippen molar-refractivity contribution in [3.05, 3.63) is 130 Å². The second-order valence-electron chi connectivity index (χ2n) is 10.2. The van der Waals surface area contributed by atoms with Crippen molar-refractivity contribution < 1.29 is 14.3 Å². The molecule has 0 saturated heterocycles. The average Bonchev–Trinajstić information content (AvgIpc) is 3.37. The van der Waals surface area contributed by atoms with Gasteiger partial charge in [-0.3, -0.25) is 14.3 Å². The lowest BCUT2D eigenvalue weighted by atomic mass is 9.78. The number of dihydropyridines is 1. The van der Waals surface area contributed by atoms with E-state index in [2.05, 4.69) is 25.6 Å². The van der Waals surface area contributed by atoms with Crippen molar-refractivity contribution in [3.8, 4) is 5.69 Å². The maximum atomic E-state index is 13.9. The first-order valence-corrected chi connectivity index (χ1v) is 14.5. The molecule has 4 heterocycles. The fraction of sp³-hybridized carbons (Fsp3) is 0.147. The van der Waals surface area contributed by atoms with Crippen molar-refractivity contribution in [1.82, 2.24) is 24.8 Å². The number of carbonyl (C=O) groups excluding carboxylic acids is 2. The average molecular weight is 605 g/mol. The Morgan fingerprint density at radius 3 is 2.48 bits per heavy atom. The first kappa shape index (κ1) is 28.8. The molecule has 9 nitrogen and oxygen atoms in total. The number of anilines is 1. The smallest absolute Gasteiger partial charge is 0.337 e. The van der Waals surface area contributed by atoms with Crippen molar-refractivity contribution in [2.45, 2.75) is 26.7 Å². The number of nitrogens with one attached hydrogen (secondary N) is 2. The first-order valence-electron chi connectivity index (χ1n) is 14.1. The summed E-state index contributed by atoms with van der Waals surface area (Å²) in [6.07, 6.45) is 5.10. The van der Waals surface area contributed by atoms with Gasteiger partial charge in [-0.2, -0.15) is 0 Å². The van der Waals surface area contributed by atoms with Gasteiger partial charge < -0.3 is 15.4 Å². The van der Waals surface area contributed by atoms with Gasteiger partial charge in [0, 0.05) is 34.4 Å². The van der Waals surface area contributed by atoms with Gasteiger partial charge in [-0.25, -0.2) is 14.8 Å². The molecule has 1 amide bonds. The van der Waals surface area contributed by atoms with E-state index in [-0.39, 0.29) is 12.2 Å². The van der Waals surface area contributed by atoms with Crippen LogP contribution in [-0.2, 0) is 14.3 Å². The lowest BCUT2D eigenvalue weighted by molar-refractivity contribution is -0.138. The SMILES string of the molecule is CCOC(=O)C1=C(c2ccc(-n3c(C)nc4ccncc43)cc2)NC(C)=C(C(=O)Nc2ccccn2)C1c1ccccc1Cl. The quantitative estimate of drug-likeness (QED) is 0.208. The predicted molar refractivity (Wildman–Crippen MR) is 170 cm³/mol. The number of fused-ring (bicyclic) bond motifs is 1. The third kappa shape index (κ3) is 5.33. The number of amides is 1. The minimum Gasteiger partial charge on any atom is -0.463 e. The van der Waals surface area contributed by atoms with Gasteiger partial charge in [-0.15, -0.1) is 0 Å². The summed E-state index contributed by atoms with van der Waals surface area (Å²) in [4.78, 5) is 40.8. The Bertz CT molecular complexity index is 1950. The van der Waals surface area contributed by atoms with E-state index in [1.807, 2.05) is 66.9 Å². The molecule has 1 unspecified atom stereocenters. The zero-order chi connectivity index (χ0) is 30.8. The van der Waals surface area contributed by atoms with Gasteiger partial charge in [0.15, 0.2) is 0 Å². The molecular formula is C34H29ClN6O3. The highest BCUT2D eigenvalue weighted by Crippen LogP contribution is 2.44. The summed E-state index contributed by atoms with van der Waals surface area (Å²) in [7, 11) is 0. The number of imidazole rings is 1. The van der Waals surface area contributed by atoms with E-state index >= 15 is 0 Å². The molecule has 0 radical (unpaired) electrons. The minimum absolute atomic E-state index is 0.156. The molecule has 2 aromatic carbocycles. The number of ether oxygens (including phenoxy) is 1. The summed E-state index contributed by atoms with van der Waals surface area (Å²) in [6, 6.07) is 22.1. The van der Waals surface area contributed by atoms with Gasteiger partial charge in [0.2, 0.25) is 0 Å². The van der Waals surface area contributed by atoms with Gasteiger partial charge in [0.05, 0.1) is 41.0 Å². The minimum atomic E-state index is -0.826. The fourth-order valence-electron chi connectivity index (χ4n) is 5.57. The van der Waals surface area contributed by atoms with E-state index in [0.29, 0.717) is 33.4 Å². The highest BCUT2D eigenvalue weighted by Gasteiger charge is 2.39. The molecule has 10 heteroatoms. The van der Waals surface area contributed by atoms with Crippen molar-refractivity contribution in [2.75, 3.05) is 11.9 Å². The predicted octanol–water partition coefficient (Wildman–Crippen LogP) is 6.35. The van der Waals surface area contributed by atoms with Crippen LogP contribution >= 0.6 is 11.6 Å². The number of nitrogens with zero attached hydrogens (tertiary/aromatic N) is 4. The Balaban J connectivity index is 1.50. The number of halogens is 1. The summed E-state index contributed by atoms with van der Waals surface area (Å²) in [5, 5.41) is 6.65. The Kier molecular flexibility index (Phi) is 7.95. The van der Waals surface area contributed by atoms with Crippen LogP contribution in [0.4, 0.5) is 5.82 Å². The molecule has 0 fully saturated rings. The largest absolute Gasteiger partial charge is 0.463 e. The van der Waals surface area contributed by atoms with Crippen LogP contribution in [-0.4, -0.2) is 38.0 Å². The van der Waals surface area contributed by atoms with Crippen LogP contribution in [0.2, 0.25) is 5.02 Å². The van der Waals surface area contributed by atoms with Gasteiger partial charge >= 0.3 is 5.97 Å². The van der Waals surface area contributed by atoms with Crippen LogP contribution in [0.25, 0.3) is 22.4 Å². The number of benzene rings is 2. The Labute approximate surface area is 259 Å². The molecule has 220 valence electrons. The van der Waals surface area contributed by atoms with Crippen molar-refractivity contribution in [1.29, 1.82) is 0 Å². The maximum absolute atomic E-state index is 13.9. The Morgan fingerprint density at radius 1 is 0.977 bits per heavy atom. The molecule has 1 aliphatic rings. The number of hydrogen-bond donors (Lipinski definition) is 2. The molecule has 44 heavy (non-hydrogen) atoms. The molecule has 3 aromatic heterocycles. The number of rotatable bonds is 7. The maximum Gasteiger partial charge on any atom is 0.337 e. The van der Waals surface area contributed by atoms with E-state index in [9.17, 15) is 9.59 Å². The molecule has 1 aliphatic heterocycles. The van der Waals surface area contributed by atoms with Gasteiger partial charge in [-0.1, -0.05) is 48.0 Å². The van der Waals surface area contributed by atoms with Crippen LogP contribution in [0, 0.1) is 6.92 Å². The molecular weight excluding hydrogens is 576 g/mol. The summed E-state index contributed by atoms with van der Waals surface area (Å²) in [6.45, 7) is 5.65. The molecule has 0 saturated carbocycles. The van der Waals surface area contributed by atoms with Crippen LogP contribution in [0.3, 0.4) is 0 Å². The summed E-state index contributed by atoms with van der Waals surface area (Å²) < 4.78 is 7.61. The van der Waals surface area contributed by atoms with Crippen LogP contribution in [0.1, 0.15) is 36.7 Å². The second kappa shape index (κ2) is 12.1. The van der Waals surface area contributed by atoms with Gasteiger partial charge in [0.1, 0.15) is 11.6 Å². The zero-order valence-electron chi connectivity index (χ0n) is 24.3. The Morgan fingerprint density at radius 2 is 1.75 bits per heavy atom. The lowest BCUT2D eigenvalue weighted by Crippen LogP contribution is -2.34. The molecule has 5 aromatic rings. The van der Waals surface area contributed by atoms with Crippen LogP contribution < -0.4 is 10.6 Å². The zero-order valence-corrected chi connectivity index (χ0v) is 25.1. The summed E-state index contributed by atoms with van der Waals surface area (Å²) in [5.74, 6) is -0.582. The number of hydrogen-bond acceptors (Lipinski definition) is 7. The summed E-state index contributed by atoms with van der Waals surface area (Å²) in [5.41, 5.74) is 5.67. The number of carbonyl (C=O) groups is 2. The van der Waals surface area contributed by atoms with E-state index in [4.69, 9.17) is 16.3 Å². The third-order valence-corrected chi connectivity index (χ3v) is 7.81. The first-order chi connectivity index (χ1) is 21.4. The fourth-order valence-corrected chi connectivity index (χ4v) is 5.82. The number of aryl methyl sites for hydroxylation is 1. The molecule has 1 atom stereocenters. The van der Waals surface area contributed by atoms with E-state index in [1.165, 1.54) is 0 Å². The molecule has 0 bridgehead atoms. The van der Waals surface area contributed by atoms with E-state index < -0.39 is 17.8 Å². The van der Waals surface area contributed by atoms with Gasteiger partial charge in [-0.05, 0) is 68.3 Å². The number of allylic oxidation sites excluding steroid dienone is 1. The van der Waals surface area contributed by atoms with Crippen molar-refractivity contribution in [2.24, 2.45) is 0 Å². The monoisotopic (exact) mass is 604 g/mol. The van der Waals surface area contributed by atoms with Crippen molar-refractivity contribution in [3.63, 3.8) is 0 Å². The highest BCUT2D eigenvalue weighted by molar-refractivity contribution is 6.31. The number of pyridine rings is 2. The number of esters is 1. The van der Waals surface area contributed by atoms with Crippen LogP contribution in [0.5, 0.6) is 0 Å². The van der Waals surface area contributed by atoms with Crippen LogP contribution in [0.15, 0.2) is 108 Å². The van der Waals surface area contributed by atoms with E-state index in [1.54, 1.807) is 49.8 Å². The molecule has 0 spiro atoms. The van der Waals surface area contributed by atoms with Gasteiger partial charge in [0.25, 0.3) is 5.91 Å². The topological polar surface area (TPSA) is 111 Å². The molecule has 6 rings (SSSR count). The number of aromatic nitrogens is 4.